The van der Waals surface area contributed by atoms with E-state index in [1.807, 2.05) is 80.7 Å². The zero-order valence-corrected chi connectivity index (χ0v) is 32.1. The summed E-state index contributed by atoms with van der Waals surface area (Å²) in [6, 6.07) is 16.9. The zero-order chi connectivity index (χ0) is 36.6. The van der Waals surface area contributed by atoms with Crippen LogP contribution in [0.3, 0.4) is 0 Å². The first-order valence-electron chi connectivity index (χ1n) is 17.0. The Morgan fingerprint density at radius 1 is 0.922 bits per heavy atom. The van der Waals surface area contributed by atoms with Crippen molar-refractivity contribution in [3.05, 3.63) is 105 Å². The molecule has 268 valence electrons. The summed E-state index contributed by atoms with van der Waals surface area (Å²) in [5.41, 5.74) is 0.889. The van der Waals surface area contributed by atoms with E-state index < -0.39 is 11.1 Å². The standard InChI is InChI=1S/C38H43Cl2N7O3S/c1-7-50-30-22-31(36(2,3)4)42-23-29(30)33-44-37(5,25-8-12-27(39)13-9-25)38(6,26-10-14-28(40)15-11-26)47(33)35(49)46-19-17-45(18-20-46)32(48)24-43-34-41-16-21-51-34/h8-16,21-23H,7,17-20,24H2,1-6H3,(H,41,43)/t37-,38+/m0/s1. The first-order valence-corrected chi connectivity index (χ1v) is 18.7. The van der Waals surface area contributed by atoms with Crippen molar-refractivity contribution in [1.29, 1.82) is 0 Å². The number of benzene rings is 2. The number of amides is 3. The maximum atomic E-state index is 15.2. The van der Waals surface area contributed by atoms with E-state index >= 15 is 4.79 Å². The summed E-state index contributed by atoms with van der Waals surface area (Å²) in [4.78, 5) is 48.2. The van der Waals surface area contributed by atoms with Gasteiger partial charge in [0.15, 0.2) is 5.13 Å². The van der Waals surface area contributed by atoms with Crippen molar-refractivity contribution in [3.63, 3.8) is 0 Å². The lowest BCUT2D eigenvalue weighted by Gasteiger charge is -2.47. The van der Waals surface area contributed by atoms with Crippen LogP contribution in [0.4, 0.5) is 9.93 Å². The first-order chi connectivity index (χ1) is 24.3. The van der Waals surface area contributed by atoms with Gasteiger partial charge in [-0.25, -0.2) is 9.78 Å². The quantitative estimate of drug-likeness (QED) is 0.197. The average Bonchev–Trinajstić information content (AvgIpc) is 3.72. The van der Waals surface area contributed by atoms with Crippen LogP contribution in [-0.2, 0) is 21.3 Å². The van der Waals surface area contributed by atoms with Crippen LogP contribution in [0.25, 0.3) is 0 Å². The third-order valence-electron chi connectivity index (χ3n) is 9.84. The number of nitrogens with one attached hydrogen (secondary N) is 1. The lowest BCUT2D eigenvalue weighted by atomic mass is 9.71. The number of pyridine rings is 1. The summed E-state index contributed by atoms with van der Waals surface area (Å²) in [6.07, 6.45) is 3.46. The van der Waals surface area contributed by atoms with E-state index in [1.54, 1.807) is 27.1 Å². The minimum atomic E-state index is -1.06. The molecule has 2 atom stereocenters. The summed E-state index contributed by atoms with van der Waals surface area (Å²) in [7, 11) is 0. The molecule has 2 aromatic carbocycles. The van der Waals surface area contributed by atoms with Crippen LogP contribution in [0.2, 0.25) is 10.0 Å². The SMILES string of the molecule is CCOc1cc(C(C)(C)C)ncc1C1=N[C@@](C)(c2ccc(Cl)cc2)[C@@](C)(c2ccc(Cl)cc2)N1C(=O)N1CCN(C(=O)CNc2nccs2)CC1. The van der Waals surface area contributed by atoms with Gasteiger partial charge in [0.2, 0.25) is 5.91 Å². The topological polar surface area (TPSA) is 103 Å². The van der Waals surface area contributed by atoms with E-state index in [9.17, 15) is 4.79 Å². The molecule has 0 aliphatic carbocycles. The number of hydrogen-bond acceptors (Lipinski definition) is 8. The predicted octanol–water partition coefficient (Wildman–Crippen LogP) is 7.81. The number of rotatable bonds is 8. The van der Waals surface area contributed by atoms with Gasteiger partial charge in [0.05, 0.1) is 18.7 Å². The van der Waals surface area contributed by atoms with E-state index in [2.05, 4.69) is 31.1 Å². The highest BCUT2D eigenvalue weighted by Gasteiger charge is 2.60. The molecule has 0 spiro atoms. The van der Waals surface area contributed by atoms with Crippen LogP contribution in [0.5, 0.6) is 5.75 Å². The summed E-state index contributed by atoms with van der Waals surface area (Å²) >= 11 is 14.2. The van der Waals surface area contributed by atoms with Gasteiger partial charge in [0, 0.05) is 71.2 Å². The van der Waals surface area contributed by atoms with Crippen LogP contribution < -0.4 is 10.1 Å². The fourth-order valence-corrected chi connectivity index (χ4v) is 7.50. The monoisotopic (exact) mass is 747 g/mol. The number of hydrogen-bond donors (Lipinski definition) is 1. The average molecular weight is 749 g/mol. The highest BCUT2D eigenvalue weighted by molar-refractivity contribution is 7.13. The predicted molar refractivity (Wildman–Crippen MR) is 204 cm³/mol. The molecule has 1 N–H and O–H groups in total. The second-order valence-corrected chi connectivity index (χ2v) is 15.8. The second-order valence-electron chi connectivity index (χ2n) is 14.0. The van der Waals surface area contributed by atoms with Crippen molar-refractivity contribution in [2.75, 3.05) is 44.6 Å². The number of aromatic nitrogens is 2. The molecular weight excluding hydrogens is 705 g/mol. The number of anilines is 1. The molecule has 2 aliphatic heterocycles. The molecule has 13 heteroatoms. The first kappa shape index (κ1) is 36.6. The third kappa shape index (κ3) is 7.03. The summed E-state index contributed by atoms with van der Waals surface area (Å²) in [5.74, 6) is 0.988. The molecule has 3 amide bonds. The van der Waals surface area contributed by atoms with Crippen molar-refractivity contribution in [2.45, 2.75) is 58.0 Å². The summed E-state index contributed by atoms with van der Waals surface area (Å²) < 4.78 is 6.27. The van der Waals surface area contributed by atoms with Gasteiger partial charge in [-0.1, -0.05) is 68.2 Å². The van der Waals surface area contributed by atoms with Gasteiger partial charge in [0.1, 0.15) is 22.7 Å². The molecule has 2 aliphatic rings. The molecule has 0 radical (unpaired) electrons. The van der Waals surface area contributed by atoms with Crippen molar-refractivity contribution >= 4 is 57.4 Å². The number of thiazole rings is 1. The highest BCUT2D eigenvalue weighted by Crippen LogP contribution is 2.54. The molecule has 6 rings (SSSR count). The van der Waals surface area contributed by atoms with E-state index in [0.717, 1.165) is 16.8 Å². The number of nitrogens with zero attached hydrogens (tertiary/aromatic N) is 6. The van der Waals surface area contributed by atoms with E-state index in [1.165, 1.54) is 11.3 Å². The highest BCUT2D eigenvalue weighted by atomic mass is 35.5. The van der Waals surface area contributed by atoms with Gasteiger partial charge in [-0.3, -0.25) is 19.7 Å². The van der Waals surface area contributed by atoms with E-state index in [-0.39, 0.29) is 23.9 Å². The molecular formula is C38H43Cl2N7O3S. The molecule has 51 heavy (non-hydrogen) atoms. The molecule has 2 aromatic heterocycles. The lowest BCUT2D eigenvalue weighted by Crippen LogP contribution is -2.61. The fraction of sp³-hybridized carbons (Fsp3) is 0.395. The second kappa shape index (κ2) is 14.4. The Balaban J connectivity index is 1.44. The van der Waals surface area contributed by atoms with Crippen LogP contribution in [0, 0.1) is 0 Å². The molecule has 1 fully saturated rings. The maximum Gasteiger partial charge on any atom is 0.326 e. The Bertz CT molecular complexity index is 1910. The number of halogens is 2. The van der Waals surface area contributed by atoms with E-state index in [0.29, 0.717) is 65.1 Å². The van der Waals surface area contributed by atoms with Crippen LogP contribution in [-0.4, -0.2) is 81.8 Å². The zero-order valence-electron chi connectivity index (χ0n) is 29.7. The number of ether oxygens (including phenoxy) is 1. The van der Waals surface area contributed by atoms with Gasteiger partial charge in [0.25, 0.3) is 0 Å². The molecule has 1 saturated heterocycles. The Kier molecular flexibility index (Phi) is 10.4. The minimum absolute atomic E-state index is 0.0478. The normalized spacial score (nSPS) is 20.7. The Morgan fingerprint density at radius 3 is 2.10 bits per heavy atom. The van der Waals surface area contributed by atoms with Crippen molar-refractivity contribution in [3.8, 4) is 5.75 Å². The Hall–Kier alpha value is -4.19. The largest absolute Gasteiger partial charge is 0.493 e. The van der Waals surface area contributed by atoms with Gasteiger partial charge in [-0.05, 0) is 56.2 Å². The fourth-order valence-electron chi connectivity index (χ4n) is 6.72. The number of carbonyl (C=O) groups excluding carboxylic acids is 2. The molecule has 4 heterocycles. The van der Waals surface area contributed by atoms with Gasteiger partial charge in [-0.2, -0.15) is 0 Å². The molecule has 4 aromatic rings. The van der Waals surface area contributed by atoms with Gasteiger partial charge >= 0.3 is 6.03 Å². The number of aliphatic imine (C=N–C) groups is 1. The molecule has 0 unspecified atom stereocenters. The lowest BCUT2D eigenvalue weighted by molar-refractivity contribution is -0.130. The van der Waals surface area contributed by atoms with Crippen molar-refractivity contribution in [1.82, 2.24) is 24.7 Å². The third-order valence-corrected chi connectivity index (χ3v) is 11.1. The van der Waals surface area contributed by atoms with E-state index in [4.69, 9.17) is 37.9 Å². The summed E-state index contributed by atoms with van der Waals surface area (Å²) in [6.45, 7) is 14.3. The smallest absolute Gasteiger partial charge is 0.326 e. The number of carbonyl (C=O) groups is 2. The Morgan fingerprint density at radius 2 is 1.53 bits per heavy atom. The molecule has 10 nitrogen and oxygen atoms in total. The maximum absolute atomic E-state index is 15.2. The summed E-state index contributed by atoms with van der Waals surface area (Å²) in [5, 5.41) is 6.82. The molecule has 0 saturated carbocycles. The number of piperazine rings is 1. The van der Waals surface area contributed by atoms with Crippen molar-refractivity contribution in [2.24, 2.45) is 4.99 Å². The van der Waals surface area contributed by atoms with Crippen molar-refractivity contribution < 1.29 is 14.3 Å². The van der Waals surface area contributed by atoms with Crippen LogP contribution in [0.15, 0.2) is 77.4 Å². The Labute approximate surface area is 313 Å². The molecule has 0 bridgehead atoms. The minimum Gasteiger partial charge on any atom is -0.493 e. The number of amidine groups is 1. The van der Waals surface area contributed by atoms with Crippen LogP contribution in [0.1, 0.15) is 63.9 Å². The van der Waals surface area contributed by atoms with Gasteiger partial charge < -0.3 is 19.9 Å². The van der Waals surface area contributed by atoms with Gasteiger partial charge in [-0.15, -0.1) is 11.3 Å². The van der Waals surface area contributed by atoms with Crippen LogP contribution >= 0.6 is 34.5 Å². The number of urea groups is 1.